The summed E-state index contributed by atoms with van der Waals surface area (Å²) in [6, 6.07) is 8.30. The number of nitrogens with one attached hydrogen (secondary N) is 2. The molecule has 8 heteroatoms. The summed E-state index contributed by atoms with van der Waals surface area (Å²) in [5.41, 5.74) is 3.26. The maximum Gasteiger partial charge on any atom is 0.246 e. The lowest BCUT2D eigenvalue weighted by Gasteiger charge is -2.35. The van der Waals surface area contributed by atoms with E-state index in [0.717, 1.165) is 36.7 Å². The van der Waals surface area contributed by atoms with Gasteiger partial charge in [0.2, 0.25) is 5.91 Å². The third-order valence-electron chi connectivity index (χ3n) is 5.18. The SMILES string of the molecule is CCNC(=NCCc1c[nH]c2ccccc12)N1CCN(c2cnn(C)c2)C(=O)C1. The van der Waals surface area contributed by atoms with E-state index in [1.165, 1.54) is 10.9 Å². The summed E-state index contributed by atoms with van der Waals surface area (Å²) < 4.78 is 1.71. The predicted molar refractivity (Wildman–Crippen MR) is 115 cm³/mol. The number of aliphatic imine (C=N–C) groups is 1. The van der Waals surface area contributed by atoms with Crippen molar-refractivity contribution in [1.82, 2.24) is 25.0 Å². The Morgan fingerprint density at radius 3 is 2.93 bits per heavy atom. The number of anilines is 1. The van der Waals surface area contributed by atoms with Crippen molar-refractivity contribution in [3.05, 3.63) is 48.4 Å². The fourth-order valence-corrected chi connectivity index (χ4v) is 3.72. The molecule has 0 radical (unpaired) electrons. The number of rotatable bonds is 5. The number of hydrogen-bond donors (Lipinski definition) is 2. The maximum absolute atomic E-state index is 12.7. The molecule has 1 aromatic carbocycles. The van der Waals surface area contributed by atoms with Crippen LogP contribution < -0.4 is 10.2 Å². The Bertz CT molecular complexity index is 1020. The van der Waals surface area contributed by atoms with E-state index in [0.29, 0.717) is 19.6 Å². The lowest BCUT2D eigenvalue weighted by Crippen LogP contribution is -2.55. The van der Waals surface area contributed by atoms with Gasteiger partial charge in [0.25, 0.3) is 0 Å². The fraction of sp³-hybridized carbons (Fsp3) is 0.381. The van der Waals surface area contributed by atoms with Gasteiger partial charge >= 0.3 is 0 Å². The highest BCUT2D eigenvalue weighted by Gasteiger charge is 2.27. The number of aromatic amines is 1. The van der Waals surface area contributed by atoms with Gasteiger partial charge in [-0.1, -0.05) is 18.2 Å². The molecule has 1 fully saturated rings. The first-order valence-electron chi connectivity index (χ1n) is 10.0. The van der Waals surface area contributed by atoms with Gasteiger partial charge in [-0.3, -0.25) is 14.5 Å². The number of aryl methyl sites for hydroxylation is 1. The van der Waals surface area contributed by atoms with E-state index < -0.39 is 0 Å². The van der Waals surface area contributed by atoms with E-state index in [-0.39, 0.29) is 5.91 Å². The Labute approximate surface area is 170 Å². The van der Waals surface area contributed by atoms with Crippen molar-refractivity contribution in [1.29, 1.82) is 0 Å². The van der Waals surface area contributed by atoms with E-state index in [9.17, 15) is 4.79 Å². The van der Waals surface area contributed by atoms with Gasteiger partial charge in [0, 0.05) is 56.5 Å². The third-order valence-corrected chi connectivity index (χ3v) is 5.18. The molecule has 0 unspecified atom stereocenters. The summed E-state index contributed by atoms with van der Waals surface area (Å²) in [5.74, 6) is 0.859. The highest BCUT2D eigenvalue weighted by molar-refractivity contribution is 5.98. The molecule has 0 bridgehead atoms. The van der Waals surface area contributed by atoms with Crippen molar-refractivity contribution >= 4 is 28.5 Å². The van der Waals surface area contributed by atoms with Gasteiger partial charge in [-0.05, 0) is 25.0 Å². The number of hydrogen-bond acceptors (Lipinski definition) is 3. The number of nitrogens with zero attached hydrogens (tertiary/aromatic N) is 5. The van der Waals surface area contributed by atoms with Crippen LogP contribution in [0.25, 0.3) is 10.9 Å². The molecule has 2 aromatic heterocycles. The molecule has 1 amide bonds. The fourth-order valence-electron chi connectivity index (χ4n) is 3.72. The smallest absolute Gasteiger partial charge is 0.246 e. The minimum atomic E-state index is 0.0616. The van der Waals surface area contributed by atoms with Crippen LogP contribution in [0.15, 0.2) is 47.8 Å². The normalized spacial score (nSPS) is 15.4. The zero-order valence-corrected chi connectivity index (χ0v) is 16.9. The standard InChI is InChI=1S/C21H27N7O/c1-3-22-21(23-9-8-16-12-24-19-7-5-4-6-18(16)19)27-10-11-28(20(29)15-27)17-13-25-26(2)14-17/h4-7,12-14,24H,3,8-11,15H2,1-2H3,(H,22,23). The van der Waals surface area contributed by atoms with Crippen LogP contribution >= 0.6 is 0 Å². The number of benzene rings is 1. The first-order chi connectivity index (χ1) is 14.2. The molecule has 1 aliphatic heterocycles. The monoisotopic (exact) mass is 393 g/mol. The summed E-state index contributed by atoms with van der Waals surface area (Å²) in [6.07, 6.45) is 6.51. The van der Waals surface area contributed by atoms with Crippen LogP contribution in [0.2, 0.25) is 0 Å². The van der Waals surface area contributed by atoms with Crippen LogP contribution in [0.3, 0.4) is 0 Å². The highest BCUT2D eigenvalue weighted by Crippen LogP contribution is 2.18. The van der Waals surface area contributed by atoms with Crippen molar-refractivity contribution in [2.24, 2.45) is 12.0 Å². The zero-order chi connectivity index (χ0) is 20.2. The number of carbonyl (C=O) groups excluding carboxylic acids is 1. The predicted octanol–water partition coefficient (Wildman–Crippen LogP) is 1.76. The molecule has 0 atom stereocenters. The van der Waals surface area contributed by atoms with Crippen molar-refractivity contribution in [3.63, 3.8) is 0 Å². The van der Waals surface area contributed by atoms with Gasteiger partial charge in [-0.15, -0.1) is 0 Å². The summed E-state index contributed by atoms with van der Waals surface area (Å²) in [6.45, 7) is 5.15. The van der Waals surface area contributed by atoms with Gasteiger partial charge in [0.05, 0.1) is 11.9 Å². The maximum atomic E-state index is 12.7. The van der Waals surface area contributed by atoms with E-state index >= 15 is 0 Å². The number of piperazine rings is 1. The van der Waals surface area contributed by atoms with Crippen LogP contribution in [0, 0.1) is 0 Å². The molecule has 152 valence electrons. The largest absolute Gasteiger partial charge is 0.361 e. The van der Waals surface area contributed by atoms with Crippen LogP contribution in [-0.2, 0) is 18.3 Å². The van der Waals surface area contributed by atoms with E-state index in [1.807, 2.05) is 31.1 Å². The summed E-state index contributed by atoms with van der Waals surface area (Å²) in [4.78, 5) is 24.6. The molecule has 2 N–H and O–H groups in total. The number of amides is 1. The molecular formula is C21H27N7O. The first-order valence-corrected chi connectivity index (χ1v) is 10.0. The number of H-pyrrole nitrogens is 1. The van der Waals surface area contributed by atoms with Crippen LogP contribution in [0.1, 0.15) is 12.5 Å². The summed E-state index contributed by atoms with van der Waals surface area (Å²) in [5, 5.41) is 8.74. The lowest BCUT2D eigenvalue weighted by atomic mass is 10.1. The average Bonchev–Trinajstić information content (AvgIpc) is 3.34. The Morgan fingerprint density at radius 2 is 2.17 bits per heavy atom. The minimum absolute atomic E-state index is 0.0616. The molecule has 1 aliphatic rings. The molecule has 3 aromatic rings. The second-order valence-corrected chi connectivity index (χ2v) is 7.18. The van der Waals surface area contributed by atoms with Gasteiger partial charge in [0.15, 0.2) is 5.96 Å². The molecule has 1 saturated heterocycles. The number of para-hydroxylation sites is 1. The molecule has 0 spiro atoms. The van der Waals surface area contributed by atoms with E-state index in [1.54, 1.807) is 15.8 Å². The van der Waals surface area contributed by atoms with Crippen molar-refractivity contribution in [3.8, 4) is 0 Å². The second-order valence-electron chi connectivity index (χ2n) is 7.18. The Hall–Kier alpha value is -3.29. The van der Waals surface area contributed by atoms with Gasteiger partial charge in [-0.25, -0.2) is 0 Å². The number of carbonyl (C=O) groups is 1. The number of guanidine groups is 1. The molecule has 0 aliphatic carbocycles. The van der Waals surface area contributed by atoms with Gasteiger partial charge in [-0.2, -0.15) is 5.10 Å². The molecule has 4 rings (SSSR count). The van der Waals surface area contributed by atoms with Crippen LogP contribution in [0.5, 0.6) is 0 Å². The summed E-state index contributed by atoms with van der Waals surface area (Å²) in [7, 11) is 1.86. The topological polar surface area (TPSA) is 81.6 Å². The average molecular weight is 393 g/mol. The quantitative estimate of drug-likeness (QED) is 0.511. The van der Waals surface area contributed by atoms with E-state index in [2.05, 4.69) is 39.8 Å². The Kier molecular flexibility index (Phi) is 5.50. The summed E-state index contributed by atoms with van der Waals surface area (Å²) >= 11 is 0. The third kappa shape index (κ3) is 4.11. The zero-order valence-electron chi connectivity index (χ0n) is 16.9. The molecule has 0 saturated carbocycles. The van der Waals surface area contributed by atoms with Gasteiger partial charge in [0.1, 0.15) is 6.54 Å². The van der Waals surface area contributed by atoms with E-state index in [4.69, 9.17) is 4.99 Å². The number of aromatic nitrogens is 3. The first kappa shape index (κ1) is 19.0. The lowest BCUT2D eigenvalue weighted by molar-refractivity contribution is -0.120. The van der Waals surface area contributed by atoms with Crippen LogP contribution in [-0.4, -0.2) is 64.3 Å². The minimum Gasteiger partial charge on any atom is -0.361 e. The van der Waals surface area contributed by atoms with Crippen molar-refractivity contribution < 1.29 is 4.79 Å². The molecule has 29 heavy (non-hydrogen) atoms. The van der Waals surface area contributed by atoms with Crippen LogP contribution in [0.4, 0.5) is 5.69 Å². The van der Waals surface area contributed by atoms with Crippen molar-refractivity contribution in [2.75, 3.05) is 37.6 Å². The molecule has 8 nitrogen and oxygen atoms in total. The molecule has 3 heterocycles. The highest BCUT2D eigenvalue weighted by atomic mass is 16.2. The number of fused-ring (bicyclic) bond motifs is 1. The van der Waals surface area contributed by atoms with Gasteiger partial charge < -0.3 is 20.1 Å². The molecular weight excluding hydrogens is 366 g/mol. The second kappa shape index (κ2) is 8.38. The Morgan fingerprint density at radius 1 is 1.31 bits per heavy atom. The van der Waals surface area contributed by atoms with Crippen molar-refractivity contribution in [2.45, 2.75) is 13.3 Å². The Balaban J connectivity index is 1.41.